The van der Waals surface area contributed by atoms with Gasteiger partial charge in [-0.2, -0.15) is 5.10 Å². The monoisotopic (exact) mass is 442 g/mol. The van der Waals surface area contributed by atoms with E-state index in [1.54, 1.807) is 14.0 Å². The molecule has 0 fully saturated rings. The highest BCUT2D eigenvalue weighted by Crippen LogP contribution is 2.38. The van der Waals surface area contributed by atoms with E-state index < -0.39 is 23.7 Å². The molecule has 0 spiro atoms. The Labute approximate surface area is 171 Å². The molecule has 2 aromatic carbocycles. The average molecular weight is 443 g/mol. The minimum absolute atomic E-state index is 0.0220. The van der Waals surface area contributed by atoms with Gasteiger partial charge in [-0.15, -0.1) is 13.2 Å². The van der Waals surface area contributed by atoms with Gasteiger partial charge in [-0.3, -0.25) is 9.25 Å². The third kappa shape index (κ3) is 3.47. The largest absolute Gasteiger partial charge is 0.573 e. The van der Waals surface area contributed by atoms with Crippen LogP contribution in [-0.2, 0) is 7.05 Å². The summed E-state index contributed by atoms with van der Waals surface area (Å²) in [5.41, 5.74) is 1.41. The van der Waals surface area contributed by atoms with Crippen LogP contribution in [0.2, 0.25) is 5.02 Å². The number of hydrogen-bond acceptors (Lipinski definition) is 3. The minimum Gasteiger partial charge on any atom is -0.406 e. The first-order chi connectivity index (χ1) is 14.0. The van der Waals surface area contributed by atoms with Crippen molar-refractivity contribution in [2.45, 2.75) is 13.3 Å². The van der Waals surface area contributed by atoms with Crippen molar-refractivity contribution in [2.75, 3.05) is 0 Å². The maximum atomic E-state index is 14.5. The van der Waals surface area contributed by atoms with E-state index >= 15 is 0 Å². The molecule has 2 heterocycles. The number of hydrogen-bond donors (Lipinski definition) is 0. The Balaban J connectivity index is 1.91. The van der Waals surface area contributed by atoms with Gasteiger partial charge in [0, 0.05) is 30.3 Å². The molecule has 4 rings (SSSR count). The highest BCUT2D eigenvalue weighted by molar-refractivity contribution is 6.33. The zero-order valence-electron chi connectivity index (χ0n) is 15.4. The lowest BCUT2D eigenvalue weighted by atomic mass is 10.1. The molecule has 0 amide bonds. The van der Waals surface area contributed by atoms with Crippen LogP contribution in [0.4, 0.5) is 22.0 Å². The van der Waals surface area contributed by atoms with Crippen molar-refractivity contribution in [3.8, 4) is 22.7 Å². The van der Waals surface area contributed by atoms with Crippen LogP contribution in [-0.4, -0.2) is 25.7 Å². The maximum absolute atomic E-state index is 14.5. The summed E-state index contributed by atoms with van der Waals surface area (Å²) in [6.07, 6.45) is -3.55. The number of aryl methyl sites for hydroxylation is 2. The molecule has 0 saturated heterocycles. The van der Waals surface area contributed by atoms with E-state index in [1.807, 2.05) is 0 Å². The lowest BCUT2D eigenvalue weighted by Crippen LogP contribution is -2.17. The van der Waals surface area contributed by atoms with Crippen LogP contribution in [0, 0.1) is 18.6 Å². The molecule has 0 saturated carbocycles. The van der Waals surface area contributed by atoms with Crippen molar-refractivity contribution in [3.63, 3.8) is 0 Å². The molecule has 4 aromatic rings. The second kappa shape index (κ2) is 6.98. The van der Waals surface area contributed by atoms with Crippen LogP contribution in [0.1, 0.15) is 5.69 Å². The quantitative estimate of drug-likeness (QED) is 0.390. The molecule has 0 aliphatic rings. The molecule has 0 bridgehead atoms. The molecule has 0 aliphatic carbocycles. The Morgan fingerprint density at radius 1 is 1.10 bits per heavy atom. The number of benzene rings is 2. The van der Waals surface area contributed by atoms with Gasteiger partial charge in [0.25, 0.3) is 0 Å². The van der Waals surface area contributed by atoms with Gasteiger partial charge < -0.3 is 4.74 Å². The summed E-state index contributed by atoms with van der Waals surface area (Å²) in [6, 6.07) is 5.33. The molecular formula is C19H12ClF5N4O. The molecule has 11 heteroatoms. The normalized spacial score (nSPS) is 12.0. The molecule has 0 atom stereocenters. The van der Waals surface area contributed by atoms with Gasteiger partial charge in [0.15, 0.2) is 5.82 Å². The first-order valence-corrected chi connectivity index (χ1v) is 8.84. The number of fused-ring (bicyclic) bond motifs is 1. The number of rotatable bonds is 3. The summed E-state index contributed by atoms with van der Waals surface area (Å²) in [5, 5.41) is 4.30. The number of halogens is 6. The highest BCUT2D eigenvalue weighted by Gasteiger charge is 2.31. The van der Waals surface area contributed by atoms with Gasteiger partial charge in [-0.05, 0) is 25.1 Å². The van der Waals surface area contributed by atoms with Gasteiger partial charge in [0.2, 0.25) is 0 Å². The number of alkyl halides is 3. The summed E-state index contributed by atoms with van der Waals surface area (Å²) < 4.78 is 72.2. The highest BCUT2D eigenvalue weighted by atomic mass is 35.5. The molecule has 30 heavy (non-hydrogen) atoms. The van der Waals surface area contributed by atoms with Gasteiger partial charge in [-0.25, -0.2) is 13.8 Å². The van der Waals surface area contributed by atoms with Crippen molar-refractivity contribution in [3.05, 3.63) is 59.0 Å². The number of imidazole rings is 1. The molecular weight excluding hydrogens is 431 g/mol. The fraction of sp³-hybridized carbons (Fsp3) is 0.158. The predicted octanol–water partition coefficient (Wildman–Crippen LogP) is 5.56. The van der Waals surface area contributed by atoms with E-state index in [0.29, 0.717) is 22.6 Å². The van der Waals surface area contributed by atoms with Crippen LogP contribution in [0.5, 0.6) is 5.75 Å². The zero-order valence-corrected chi connectivity index (χ0v) is 16.2. The lowest BCUT2D eigenvalue weighted by molar-refractivity contribution is -0.274. The van der Waals surface area contributed by atoms with Crippen LogP contribution >= 0.6 is 11.6 Å². The topological polar surface area (TPSA) is 44.9 Å². The SMILES string of the molecule is Cc1nn(C)c(-n2cnc3cc(F)cc(F)c32)c1-c1ccc(OC(F)(F)F)cc1Cl. The van der Waals surface area contributed by atoms with Crippen LogP contribution in [0.15, 0.2) is 36.7 Å². The Kier molecular flexibility index (Phi) is 4.69. The predicted molar refractivity (Wildman–Crippen MR) is 99.6 cm³/mol. The van der Waals surface area contributed by atoms with Gasteiger partial charge in [0.05, 0.1) is 16.2 Å². The van der Waals surface area contributed by atoms with Crippen molar-refractivity contribution in [1.29, 1.82) is 0 Å². The second-order valence-electron chi connectivity index (χ2n) is 6.47. The maximum Gasteiger partial charge on any atom is 0.573 e. The fourth-order valence-corrected chi connectivity index (χ4v) is 3.63. The molecule has 0 radical (unpaired) electrons. The molecule has 0 aliphatic heterocycles. The summed E-state index contributed by atoms with van der Waals surface area (Å²) in [5.74, 6) is -1.72. The Hall–Kier alpha value is -3.14. The standard InChI is InChI=1S/C19H12ClF5N4O/c1-9-16(12-4-3-11(7-13(12)20)30-19(23,24)25)18(28(2)27-9)29-8-26-15-6-10(21)5-14(22)17(15)29/h3-8H,1-2H3. The molecule has 2 aromatic heterocycles. The van der Waals surface area contributed by atoms with Crippen LogP contribution < -0.4 is 4.74 Å². The van der Waals surface area contributed by atoms with Crippen molar-refractivity contribution < 1.29 is 26.7 Å². The number of nitrogens with zero attached hydrogens (tertiary/aromatic N) is 4. The van der Waals surface area contributed by atoms with Crippen molar-refractivity contribution in [2.24, 2.45) is 7.05 Å². The second-order valence-corrected chi connectivity index (χ2v) is 6.87. The van der Waals surface area contributed by atoms with Gasteiger partial charge in [0.1, 0.15) is 29.2 Å². The van der Waals surface area contributed by atoms with Crippen molar-refractivity contribution >= 4 is 22.6 Å². The smallest absolute Gasteiger partial charge is 0.406 e. The third-order valence-electron chi connectivity index (χ3n) is 4.42. The summed E-state index contributed by atoms with van der Waals surface area (Å²) in [6.45, 7) is 1.67. The Bertz CT molecular complexity index is 1280. The van der Waals surface area contributed by atoms with Crippen LogP contribution in [0.25, 0.3) is 28.0 Å². The number of aromatic nitrogens is 4. The summed E-state index contributed by atoms with van der Waals surface area (Å²) >= 11 is 6.24. The Morgan fingerprint density at radius 2 is 1.83 bits per heavy atom. The van der Waals surface area contributed by atoms with E-state index in [9.17, 15) is 22.0 Å². The Morgan fingerprint density at radius 3 is 2.50 bits per heavy atom. The van der Waals surface area contributed by atoms with E-state index in [2.05, 4.69) is 14.8 Å². The van der Waals surface area contributed by atoms with Crippen molar-refractivity contribution in [1.82, 2.24) is 19.3 Å². The first kappa shape index (κ1) is 20.1. The number of ether oxygens (including phenoxy) is 1. The van der Waals surface area contributed by atoms with E-state index in [4.69, 9.17) is 11.6 Å². The minimum atomic E-state index is -4.86. The summed E-state index contributed by atoms with van der Waals surface area (Å²) in [7, 11) is 1.61. The average Bonchev–Trinajstić information content (AvgIpc) is 3.14. The van der Waals surface area contributed by atoms with E-state index in [-0.39, 0.29) is 16.1 Å². The fourth-order valence-electron chi connectivity index (χ4n) is 3.36. The van der Waals surface area contributed by atoms with E-state index in [0.717, 1.165) is 24.3 Å². The summed E-state index contributed by atoms with van der Waals surface area (Å²) in [4.78, 5) is 4.04. The van der Waals surface area contributed by atoms with Gasteiger partial charge >= 0.3 is 6.36 Å². The lowest BCUT2D eigenvalue weighted by Gasteiger charge is -2.13. The molecule has 156 valence electrons. The van der Waals surface area contributed by atoms with E-state index in [1.165, 1.54) is 21.6 Å². The molecule has 5 nitrogen and oxygen atoms in total. The zero-order chi connectivity index (χ0) is 21.8. The van der Waals surface area contributed by atoms with Gasteiger partial charge in [-0.1, -0.05) is 11.6 Å². The first-order valence-electron chi connectivity index (χ1n) is 8.47. The molecule has 0 N–H and O–H groups in total. The molecule has 0 unspecified atom stereocenters. The third-order valence-corrected chi connectivity index (χ3v) is 4.74. The van der Waals surface area contributed by atoms with Crippen LogP contribution in [0.3, 0.4) is 0 Å².